The van der Waals surface area contributed by atoms with Gasteiger partial charge < -0.3 is 10.8 Å². The van der Waals surface area contributed by atoms with Gasteiger partial charge in [0.25, 0.3) is 0 Å². The number of hydrogen-bond donors (Lipinski definition) is 3. The SMILES string of the molecule is CNC(N)(Cc1ccccc1)C(=O)CO. The topological polar surface area (TPSA) is 75.3 Å². The molecule has 0 aliphatic carbocycles. The van der Waals surface area contributed by atoms with Gasteiger partial charge in [-0.25, -0.2) is 0 Å². The van der Waals surface area contributed by atoms with E-state index < -0.39 is 18.1 Å². The van der Waals surface area contributed by atoms with Crippen molar-refractivity contribution >= 4 is 5.78 Å². The summed E-state index contributed by atoms with van der Waals surface area (Å²) >= 11 is 0. The monoisotopic (exact) mass is 208 g/mol. The van der Waals surface area contributed by atoms with E-state index in [9.17, 15) is 4.79 Å². The van der Waals surface area contributed by atoms with E-state index in [0.29, 0.717) is 6.42 Å². The van der Waals surface area contributed by atoms with Crippen LogP contribution < -0.4 is 11.1 Å². The summed E-state index contributed by atoms with van der Waals surface area (Å²) in [6.45, 7) is -0.551. The van der Waals surface area contributed by atoms with Crippen LogP contribution in [0.3, 0.4) is 0 Å². The fraction of sp³-hybridized carbons (Fsp3) is 0.364. The summed E-state index contributed by atoms with van der Waals surface area (Å²) in [5.41, 5.74) is 5.63. The van der Waals surface area contributed by atoms with Gasteiger partial charge >= 0.3 is 0 Å². The van der Waals surface area contributed by atoms with Crippen molar-refractivity contribution in [3.05, 3.63) is 35.9 Å². The predicted octanol–water partition coefficient (Wildman–Crippen LogP) is -0.335. The fourth-order valence-corrected chi connectivity index (χ4v) is 1.39. The fourth-order valence-electron chi connectivity index (χ4n) is 1.39. The van der Waals surface area contributed by atoms with E-state index in [4.69, 9.17) is 10.8 Å². The molecule has 1 atom stereocenters. The van der Waals surface area contributed by atoms with E-state index in [2.05, 4.69) is 5.32 Å². The number of nitrogens with one attached hydrogen (secondary N) is 1. The highest BCUT2D eigenvalue weighted by atomic mass is 16.3. The molecule has 0 saturated heterocycles. The second-order valence-corrected chi connectivity index (χ2v) is 3.47. The van der Waals surface area contributed by atoms with Crippen LogP contribution in [-0.2, 0) is 11.2 Å². The maximum absolute atomic E-state index is 11.4. The number of nitrogens with two attached hydrogens (primary N) is 1. The molecule has 0 radical (unpaired) electrons. The molecule has 0 spiro atoms. The lowest BCUT2D eigenvalue weighted by atomic mass is 9.96. The smallest absolute Gasteiger partial charge is 0.192 e. The molecule has 4 heteroatoms. The Morgan fingerprint density at radius 1 is 1.47 bits per heavy atom. The molecule has 1 aromatic rings. The molecule has 0 aliphatic rings. The summed E-state index contributed by atoms with van der Waals surface area (Å²) in [4.78, 5) is 11.4. The normalized spacial score (nSPS) is 14.6. The number of carbonyl (C=O) groups excluding carboxylic acids is 1. The average Bonchev–Trinajstić information content (AvgIpc) is 2.29. The molecule has 82 valence electrons. The number of Topliss-reactive ketones (excluding diaryl/α,β-unsaturated/α-hetero) is 1. The van der Waals surface area contributed by atoms with Crippen molar-refractivity contribution < 1.29 is 9.90 Å². The minimum Gasteiger partial charge on any atom is -0.388 e. The number of rotatable bonds is 5. The Labute approximate surface area is 89.1 Å². The first kappa shape index (κ1) is 11.8. The highest BCUT2D eigenvalue weighted by molar-refractivity contribution is 5.88. The van der Waals surface area contributed by atoms with Crippen molar-refractivity contribution in [1.29, 1.82) is 0 Å². The molecule has 1 aromatic carbocycles. The first-order valence-electron chi connectivity index (χ1n) is 4.78. The summed E-state index contributed by atoms with van der Waals surface area (Å²) < 4.78 is 0. The lowest BCUT2D eigenvalue weighted by molar-refractivity contribution is -0.128. The van der Waals surface area contributed by atoms with Crippen molar-refractivity contribution in [3.8, 4) is 0 Å². The van der Waals surface area contributed by atoms with Gasteiger partial charge in [-0.3, -0.25) is 10.1 Å². The summed E-state index contributed by atoms with van der Waals surface area (Å²) in [5.74, 6) is -0.408. The quantitative estimate of drug-likeness (QED) is 0.579. The zero-order chi connectivity index (χ0) is 11.3. The van der Waals surface area contributed by atoms with Gasteiger partial charge in [-0.2, -0.15) is 0 Å². The largest absolute Gasteiger partial charge is 0.388 e. The van der Waals surface area contributed by atoms with Crippen LogP contribution >= 0.6 is 0 Å². The summed E-state index contributed by atoms with van der Waals surface area (Å²) in [5, 5.41) is 11.6. The Hall–Kier alpha value is -1.23. The molecule has 4 nitrogen and oxygen atoms in total. The van der Waals surface area contributed by atoms with E-state index in [1.165, 1.54) is 0 Å². The number of aliphatic hydroxyl groups excluding tert-OH is 1. The first-order valence-corrected chi connectivity index (χ1v) is 4.78. The van der Waals surface area contributed by atoms with Gasteiger partial charge in [0.1, 0.15) is 12.3 Å². The van der Waals surface area contributed by atoms with Crippen molar-refractivity contribution in [3.63, 3.8) is 0 Å². The van der Waals surface area contributed by atoms with Crippen LogP contribution in [0, 0.1) is 0 Å². The second kappa shape index (κ2) is 5.02. The number of carbonyl (C=O) groups is 1. The minimum atomic E-state index is -1.18. The van der Waals surface area contributed by atoms with Crippen molar-refractivity contribution in [1.82, 2.24) is 5.32 Å². The van der Waals surface area contributed by atoms with E-state index in [-0.39, 0.29) is 0 Å². The minimum absolute atomic E-state index is 0.365. The van der Waals surface area contributed by atoms with Gasteiger partial charge in [0.05, 0.1) is 0 Å². The summed E-state index contributed by atoms with van der Waals surface area (Å²) in [6.07, 6.45) is 0.365. The Balaban J connectivity index is 2.81. The maximum Gasteiger partial charge on any atom is 0.192 e. The predicted molar refractivity (Wildman–Crippen MR) is 58.2 cm³/mol. The van der Waals surface area contributed by atoms with Crippen LogP contribution in [-0.4, -0.2) is 30.2 Å². The second-order valence-electron chi connectivity index (χ2n) is 3.47. The van der Waals surface area contributed by atoms with Crippen molar-refractivity contribution in [2.75, 3.05) is 13.7 Å². The Bertz CT molecular complexity index is 327. The molecule has 1 rings (SSSR count). The molecule has 4 N–H and O–H groups in total. The van der Waals surface area contributed by atoms with Gasteiger partial charge in [0, 0.05) is 6.42 Å². The third-order valence-electron chi connectivity index (χ3n) is 2.41. The Morgan fingerprint density at radius 2 is 2.07 bits per heavy atom. The van der Waals surface area contributed by atoms with Crippen LogP contribution in [0.2, 0.25) is 0 Å². The van der Waals surface area contributed by atoms with E-state index in [1.807, 2.05) is 30.3 Å². The van der Waals surface area contributed by atoms with E-state index in [1.54, 1.807) is 7.05 Å². The van der Waals surface area contributed by atoms with E-state index in [0.717, 1.165) is 5.56 Å². The summed E-state index contributed by atoms with van der Waals surface area (Å²) in [7, 11) is 1.61. The molecule has 0 amide bonds. The van der Waals surface area contributed by atoms with Crippen LogP contribution in [0.4, 0.5) is 0 Å². The molecule has 0 saturated carbocycles. The molecule has 0 aromatic heterocycles. The highest BCUT2D eigenvalue weighted by Crippen LogP contribution is 2.09. The van der Waals surface area contributed by atoms with Gasteiger partial charge in [-0.15, -0.1) is 0 Å². The zero-order valence-electron chi connectivity index (χ0n) is 8.73. The molecular weight excluding hydrogens is 192 g/mol. The maximum atomic E-state index is 11.4. The van der Waals surface area contributed by atoms with Gasteiger partial charge in [-0.1, -0.05) is 30.3 Å². The molecule has 15 heavy (non-hydrogen) atoms. The summed E-state index contributed by atoms with van der Waals surface area (Å²) in [6, 6.07) is 9.45. The first-order chi connectivity index (χ1) is 7.12. The van der Waals surface area contributed by atoms with E-state index >= 15 is 0 Å². The van der Waals surface area contributed by atoms with Gasteiger partial charge in [0.2, 0.25) is 0 Å². The van der Waals surface area contributed by atoms with Gasteiger partial charge in [-0.05, 0) is 12.6 Å². The number of ketones is 1. The molecule has 0 bridgehead atoms. The zero-order valence-corrected chi connectivity index (χ0v) is 8.73. The molecular formula is C11H16N2O2. The molecule has 0 fully saturated rings. The van der Waals surface area contributed by atoms with Crippen molar-refractivity contribution in [2.24, 2.45) is 5.73 Å². The number of benzene rings is 1. The lowest BCUT2D eigenvalue weighted by Gasteiger charge is -2.26. The molecule has 0 heterocycles. The standard InChI is InChI=1S/C11H16N2O2/c1-13-11(12,10(15)8-14)7-9-5-3-2-4-6-9/h2-6,13-14H,7-8,12H2,1H3. The molecule has 0 aliphatic heterocycles. The van der Waals surface area contributed by atoms with Crippen LogP contribution in [0.5, 0.6) is 0 Å². The van der Waals surface area contributed by atoms with Crippen LogP contribution in [0.25, 0.3) is 0 Å². The van der Waals surface area contributed by atoms with Crippen LogP contribution in [0.15, 0.2) is 30.3 Å². The third kappa shape index (κ3) is 2.86. The average molecular weight is 208 g/mol. The number of hydrogen-bond acceptors (Lipinski definition) is 4. The van der Waals surface area contributed by atoms with Crippen LogP contribution in [0.1, 0.15) is 5.56 Å². The molecule has 1 unspecified atom stereocenters. The third-order valence-corrected chi connectivity index (χ3v) is 2.41. The lowest BCUT2D eigenvalue weighted by Crippen LogP contribution is -2.60. The van der Waals surface area contributed by atoms with Gasteiger partial charge in [0.15, 0.2) is 5.78 Å². The number of aliphatic hydroxyl groups is 1. The Kier molecular flexibility index (Phi) is 3.96. The number of likely N-dealkylation sites (N-methyl/N-ethyl adjacent to an activating group) is 1. The van der Waals surface area contributed by atoms with Crippen molar-refractivity contribution in [2.45, 2.75) is 12.1 Å². The highest BCUT2D eigenvalue weighted by Gasteiger charge is 2.31. The Morgan fingerprint density at radius 3 is 2.53 bits per heavy atom.